The van der Waals surface area contributed by atoms with E-state index < -0.39 is 0 Å². The summed E-state index contributed by atoms with van der Waals surface area (Å²) in [6.45, 7) is 4.93. The van der Waals surface area contributed by atoms with E-state index in [-0.39, 0.29) is 12.0 Å². The maximum atomic E-state index is 11.6. The number of fused-ring (bicyclic) bond motifs is 1. The highest BCUT2D eigenvalue weighted by molar-refractivity contribution is 5.75. The zero-order valence-electron chi connectivity index (χ0n) is 9.32. The van der Waals surface area contributed by atoms with Gasteiger partial charge in [-0.2, -0.15) is 0 Å². The molecule has 2 saturated heterocycles. The molecule has 2 fully saturated rings. The van der Waals surface area contributed by atoms with E-state index in [1.165, 1.54) is 20.0 Å². The molecule has 3 nitrogen and oxygen atoms in total. The van der Waals surface area contributed by atoms with Crippen molar-refractivity contribution in [2.24, 2.45) is 5.92 Å². The van der Waals surface area contributed by atoms with Crippen LogP contribution in [-0.2, 0) is 9.53 Å². The summed E-state index contributed by atoms with van der Waals surface area (Å²) in [5.74, 6) is 0.498. The molecule has 0 bridgehead atoms. The lowest BCUT2D eigenvalue weighted by Crippen LogP contribution is -2.50. The number of carbonyl (C=O) groups is 1. The lowest BCUT2D eigenvalue weighted by atomic mass is 9.86. The van der Waals surface area contributed by atoms with Gasteiger partial charge in [-0.3, -0.25) is 9.69 Å². The Morgan fingerprint density at radius 2 is 2.27 bits per heavy atom. The Balaban J connectivity index is 2.12. The van der Waals surface area contributed by atoms with Gasteiger partial charge in [0.25, 0.3) is 0 Å². The summed E-state index contributed by atoms with van der Waals surface area (Å²) in [5, 5.41) is 0. The second kappa shape index (κ2) is 4.35. The summed E-state index contributed by atoms with van der Waals surface area (Å²) in [6, 6.07) is 0.527. The van der Waals surface area contributed by atoms with Gasteiger partial charge in [-0.15, -0.1) is 6.58 Å². The first-order valence-corrected chi connectivity index (χ1v) is 5.74. The normalized spacial score (nSPS) is 35.9. The summed E-state index contributed by atoms with van der Waals surface area (Å²) in [4.78, 5) is 13.9. The molecule has 0 aromatic rings. The van der Waals surface area contributed by atoms with E-state index in [0.29, 0.717) is 12.0 Å². The first kappa shape index (κ1) is 10.7. The number of methoxy groups -OCH3 is 1. The average Bonchev–Trinajstić information content (AvgIpc) is 2.75. The molecule has 2 aliphatic heterocycles. The third-order valence-electron chi connectivity index (χ3n) is 3.79. The number of esters is 1. The summed E-state index contributed by atoms with van der Waals surface area (Å²) >= 11 is 0. The minimum Gasteiger partial charge on any atom is -0.468 e. The standard InChI is InChI=1S/C12H19NO2/c1-3-9-6-7-11(12(14)15-2)13-8-4-5-10(9)13/h3,9-11H,1,4-8H2,2H3/t9-,10+,11+/m1/s1. The van der Waals surface area contributed by atoms with E-state index in [1.54, 1.807) is 0 Å². The fourth-order valence-corrected chi connectivity index (χ4v) is 3.03. The first-order valence-electron chi connectivity index (χ1n) is 5.74. The Labute approximate surface area is 91.1 Å². The number of ether oxygens (including phenoxy) is 1. The average molecular weight is 209 g/mol. The van der Waals surface area contributed by atoms with Crippen LogP contribution in [0.3, 0.4) is 0 Å². The molecule has 0 spiro atoms. The number of nitrogens with zero attached hydrogens (tertiary/aromatic N) is 1. The van der Waals surface area contributed by atoms with Crippen molar-refractivity contribution >= 4 is 5.97 Å². The van der Waals surface area contributed by atoms with Crippen LogP contribution in [0.25, 0.3) is 0 Å². The van der Waals surface area contributed by atoms with Gasteiger partial charge in [0.05, 0.1) is 7.11 Å². The summed E-state index contributed by atoms with van der Waals surface area (Å²) in [6.07, 6.45) is 6.44. The fraction of sp³-hybridized carbons (Fsp3) is 0.750. The lowest BCUT2D eigenvalue weighted by Gasteiger charge is -2.40. The van der Waals surface area contributed by atoms with E-state index in [9.17, 15) is 4.79 Å². The van der Waals surface area contributed by atoms with Crippen LogP contribution < -0.4 is 0 Å². The zero-order valence-corrected chi connectivity index (χ0v) is 9.32. The number of hydrogen-bond acceptors (Lipinski definition) is 3. The largest absolute Gasteiger partial charge is 0.468 e. The van der Waals surface area contributed by atoms with Gasteiger partial charge in [0.15, 0.2) is 0 Å². The SMILES string of the molecule is C=C[C@@H]1CC[C@@H](C(=O)OC)N2CCC[C@@H]12. The van der Waals surface area contributed by atoms with Gasteiger partial charge in [0.2, 0.25) is 0 Å². The van der Waals surface area contributed by atoms with Crippen molar-refractivity contribution in [3.05, 3.63) is 12.7 Å². The molecule has 2 aliphatic rings. The molecule has 0 aliphatic carbocycles. The minimum atomic E-state index is -0.0654. The predicted molar refractivity (Wildman–Crippen MR) is 58.5 cm³/mol. The van der Waals surface area contributed by atoms with Crippen molar-refractivity contribution in [1.29, 1.82) is 0 Å². The first-order chi connectivity index (χ1) is 7.27. The summed E-state index contributed by atoms with van der Waals surface area (Å²) < 4.78 is 4.86. The second-order valence-corrected chi connectivity index (χ2v) is 4.46. The number of piperidine rings is 1. The van der Waals surface area contributed by atoms with Gasteiger partial charge in [0.1, 0.15) is 6.04 Å². The third kappa shape index (κ3) is 1.81. The molecule has 0 radical (unpaired) electrons. The van der Waals surface area contributed by atoms with Gasteiger partial charge in [-0.1, -0.05) is 6.08 Å². The molecular weight excluding hydrogens is 190 g/mol. The van der Waals surface area contributed by atoms with Crippen LogP contribution in [0.1, 0.15) is 25.7 Å². The van der Waals surface area contributed by atoms with Gasteiger partial charge >= 0.3 is 5.97 Å². The predicted octanol–water partition coefficient (Wildman–Crippen LogP) is 1.59. The Morgan fingerprint density at radius 1 is 1.47 bits per heavy atom. The lowest BCUT2D eigenvalue weighted by molar-refractivity contribution is -0.149. The van der Waals surface area contributed by atoms with Crippen molar-refractivity contribution in [2.75, 3.05) is 13.7 Å². The third-order valence-corrected chi connectivity index (χ3v) is 3.79. The Bertz CT molecular complexity index is 264. The van der Waals surface area contributed by atoms with Crippen LogP contribution in [0, 0.1) is 5.92 Å². The number of carbonyl (C=O) groups excluding carboxylic acids is 1. The molecule has 3 heteroatoms. The highest BCUT2D eigenvalue weighted by atomic mass is 16.5. The quantitative estimate of drug-likeness (QED) is 0.511. The molecule has 2 heterocycles. The molecule has 0 unspecified atom stereocenters. The highest BCUT2D eigenvalue weighted by Crippen LogP contribution is 2.35. The maximum Gasteiger partial charge on any atom is 0.323 e. The molecule has 0 saturated carbocycles. The van der Waals surface area contributed by atoms with Crippen molar-refractivity contribution in [1.82, 2.24) is 4.90 Å². The van der Waals surface area contributed by atoms with Crippen LogP contribution in [0.4, 0.5) is 0 Å². The van der Waals surface area contributed by atoms with Crippen molar-refractivity contribution in [3.63, 3.8) is 0 Å². The molecule has 0 N–H and O–H groups in total. The maximum absolute atomic E-state index is 11.6. The summed E-state index contributed by atoms with van der Waals surface area (Å²) in [5.41, 5.74) is 0. The highest BCUT2D eigenvalue weighted by Gasteiger charge is 2.42. The van der Waals surface area contributed by atoms with Gasteiger partial charge in [0, 0.05) is 6.04 Å². The Morgan fingerprint density at radius 3 is 2.93 bits per heavy atom. The molecule has 0 aromatic carbocycles. The van der Waals surface area contributed by atoms with Crippen molar-refractivity contribution in [3.8, 4) is 0 Å². The molecule has 2 rings (SSSR count). The fourth-order valence-electron chi connectivity index (χ4n) is 3.03. The van der Waals surface area contributed by atoms with Crippen molar-refractivity contribution < 1.29 is 9.53 Å². The summed E-state index contributed by atoms with van der Waals surface area (Å²) in [7, 11) is 1.48. The number of rotatable bonds is 2. The van der Waals surface area contributed by atoms with Crippen LogP contribution in [-0.4, -0.2) is 36.6 Å². The molecule has 84 valence electrons. The molecule has 0 amide bonds. The van der Waals surface area contributed by atoms with Crippen molar-refractivity contribution in [2.45, 2.75) is 37.8 Å². The Kier molecular flexibility index (Phi) is 3.10. The van der Waals surface area contributed by atoms with Gasteiger partial charge in [-0.25, -0.2) is 0 Å². The molecule has 3 atom stereocenters. The number of hydrogen-bond donors (Lipinski definition) is 0. The van der Waals surface area contributed by atoms with Gasteiger partial charge in [-0.05, 0) is 38.1 Å². The molecular formula is C12H19NO2. The van der Waals surface area contributed by atoms with E-state index in [1.807, 2.05) is 0 Å². The van der Waals surface area contributed by atoms with E-state index in [0.717, 1.165) is 19.4 Å². The second-order valence-electron chi connectivity index (χ2n) is 4.46. The zero-order chi connectivity index (χ0) is 10.8. The van der Waals surface area contributed by atoms with E-state index in [4.69, 9.17) is 4.74 Å². The molecule has 0 aromatic heterocycles. The van der Waals surface area contributed by atoms with E-state index in [2.05, 4.69) is 17.6 Å². The molecule has 15 heavy (non-hydrogen) atoms. The van der Waals surface area contributed by atoms with Gasteiger partial charge < -0.3 is 4.74 Å². The van der Waals surface area contributed by atoms with Crippen LogP contribution >= 0.6 is 0 Å². The van der Waals surface area contributed by atoms with E-state index >= 15 is 0 Å². The monoisotopic (exact) mass is 209 g/mol. The Hall–Kier alpha value is -0.830. The van der Waals surface area contributed by atoms with Crippen LogP contribution in [0.2, 0.25) is 0 Å². The van der Waals surface area contributed by atoms with Crippen LogP contribution in [0.5, 0.6) is 0 Å². The minimum absolute atomic E-state index is 0.00120. The topological polar surface area (TPSA) is 29.5 Å². The smallest absolute Gasteiger partial charge is 0.323 e. The van der Waals surface area contributed by atoms with Crippen LogP contribution in [0.15, 0.2) is 12.7 Å².